The van der Waals surface area contributed by atoms with E-state index < -0.39 is 18.1 Å². The highest BCUT2D eigenvalue weighted by atomic mass is 16.5. The second-order valence-electron chi connectivity index (χ2n) is 8.24. The van der Waals surface area contributed by atoms with Gasteiger partial charge in [-0.1, -0.05) is 62.4 Å². The first-order valence-electron chi connectivity index (χ1n) is 11.1. The minimum Gasteiger partial charge on any atom is -0.480 e. The van der Waals surface area contributed by atoms with E-state index in [4.69, 9.17) is 14.6 Å². The number of carbonyl (C=O) groups excluding carboxylic acids is 2. The number of carboxylic acid groups (broad SMARTS) is 1. The van der Waals surface area contributed by atoms with Gasteiger partial charge in [0.2, 0.25) is 5.91 Å². The van der Waals surface area contributed by atoms with Gasteiger partial charge in [0, 0.05) is 18.9 Å². The van der Waals surface area contributed by atoms with Crippen LogP contribution >= 0.6 is 0 Å². The van der Waals surface area contributed by atoms with Gasteiger partial charge in [-0.05, 0) is 28.2 Å². The quantitative estimate of drug-likeness (QED) is 0.450. The molecule has 2 aromatic carbocycles. The van der Waals surface area contributed by atoms with Gasteiger partial charge in [-0.2, -0.15) is 0 Å². The van der Waals surface area contributed by atoms with Crippen LogP contribution in [0.25, 0.3) is 11.1 Å². The van der Waals surface area contributed by atoms with Crippen molar-refractivity contribution in [1.82, 2.24) is 10.6 Å². The van der Waals surface area contributed by atoms with Crippen LogP contribution in [0.1, 0.15) is 37.3 Å². The second-order valence-corrected chi connectivity index (χ2v) is 8.24. The fourth-order valence-electron chi connectivity index (χ4n) is 3.90. The van der Waals surface area contributed by atoms with Crippen molar-refractivity contribution in [3.8, 4) is 11.1 Å². The predicted molar refractivity (Wildman–Crippen MR) is 123 cm³/mol. The molecule has 8 heteroatoms. The molecule has 1 atom stereocenters. The summed E-state index contributed by atoms with van der Waals surface area (Å²) in [6.07, 6.45) is -0.485. The van der Waals surface area contributed by atoms with Gasteiger partial charge in [0.05, 0.1) is 13.2 Å². The summed E-state index contributed by atoms with van der Waals surface area (Å²) >= 11 is 0. The van der Waals surface area contributed by atoms with Crippen LogP contribution in [-0.4, -0.2) is 55.5 Å². The lowest BCUT2D eigenvalue weighted by molar-refractivity contribution is -0.143. The first-order valence-corrected chi connectivity index (χ1v) is 11.1. The summed E-state index contributed by atoms with van der Waals surface area (Å²) in [4.78, 5) is 35.1. The number of rotatable bonds is 11. The van der Waals surface area contributed by atoms with Crippen LogP contribution in [-0.2, 0) is 19.1 Å². The Morgan fingerprint density at radius 2 is 1.58 bits per heavy atom. The lowest BCUT2D eigenvalue weighted by atomic mass is 9.98. The molecule has 0 bridgehead atoms. The zero-order chi connectivity index (χ0) is 23.8. The molecular weight excluding hydrogens is 424 g/mol. The summed E-state index contributed by atoms with van der Waals surface area (Å²) in [6.45, 7) is 4.27. The molecule has 0 aromatic heterocycles. The highest BCUT2D eigenvalue weighted by Gasteiger charge is 2.29. The van der Waals surface area contributed by atoms with Crippen molar-refractivity contribution in [2.24, 2.45) is 5.92 Å². The van der Waals surface area contributed by atoms with Gasteiger partial charge in [-0.15, -0.1) is 0 Å². The number of carboxylic acids is 1. The number of hydrogen-bond acceptors (Lipinski definition) is 5. The molecule has 0 spiro atoms. The average Bonchev–Trinajstić information content (AvgIpc) is 3.11. The summed E-state index contributed by atoms with van der Waals surface area (Å²) in [5.74, 6) is -1.67. The van der Waals surface area contributed by atoms with Crippen LogP contribution in [0.15, 0.2) is 48.5 Å². The third-order valence-corrected chi connectivity index (χ3v) is 5.58. The van der Waals surface area contributed by atoms with E-state index in [1.165, 1.54) is 11.1 Å². The van der Waals surface area contributed by atoms with Crippen molar-refractivity contribution in [2.75, 3.05) is 26.4 Å². The lowest BCUT2D eigenvalue weighted by Crippen LogP contribution is -2.44. The predicted octanol–water partition coefficient (Wildman–Crippen LogP) is 3.16. The maximum absolute atomic E-state index is 12.1. The number of aliphatic carboxylic acids is 1. The smallest absolute Gasteiger partial charge is 0.407 e. The number of ether oxygens (including phenoxy) is 2. The molecule has 0 aliphatic heterocycles. The van der Waals surface area contributed by atoms with Gasteiger partial charge < -0.3 is 25.2 Å². The number of benzene rings is 2. The molecule has 3 N–H and O–H groups in total. The van der Waals surface area contributed by atoms with E-state index in [1.54, 1.807) is 13.8 Å². The molecule has 0 unspecified atom stereocenters. The van der Waals surface area contributed by atoms with Crippen molar-refractivity contribution >= 4 is 18.0 Å². The average molecular weight is 455 g/mol. The number of fused-ring (bicyclic) bond motifs is 3. The minimum absolute atomic E-state index is 0.00150. The van der Waals surface area contributed by atoms with Gasteiger partial charge in [-0.25, -0.2) is 9.59 Å². The fraction of sp³-hybridized carbons (Fsp3) is 0.400. The molecule has 0 heterocycles. The van der Waals surface area contributed by atoms with Gasteiger partial charge in [0.1, 0.15) is 12.6 Å². The molecule has 3 rings (SSSR count). The Morgan fingerprint density at radius 1 is 0.970 bits per heavy atom. The second kappa shape index (κ2) is 11.5. The van der Waals surface area contributed by atoms with E-state index in [0.717, 1.165) is 11.1 Å². The molecule has 0 fully saturated rings. The van der Waals surface area contributed by atoms with E-state index in [9.17, 15) is 14.4 Å². The van der Waals surface area contributed by atoms with E-state index in [-0.39, 0.29) is 50.5 Å². The molecule has 176 valence electrons. The van der Waals surface area contributed by atoms with Crippen LogP contribution in [0, 0.1) is 5.92 Å². The van der Waals surface area contributed by atoms with Gasteiger partial charge in [0.15, 0.2) is 0 Å². The normalized spacial score (nSPS) is 13.2. The molecule has 0 saturated carbocycles. The van der Waals surface area contributed by atoms with Crippen LogP contribution in [0.4, 0.5) is 4.79 Å². The Kier molecular flexibility index (Phi) is 8.43. The van der Waals surface area contributed by atoms with Gasteiger partial charge in [-0.3, -0.25) is 4.79 Å². The first kappa shape index (κ1) is 24.3. The highest BCUT2D eigenvalue weighted by molar-refractivity contribution is 5.83. The van der Waals surface area contributed by atoms with Gasteiger partial charge >= 0.3 is 12.1 Å². The molecular formula is C25H30N2O6. The van der Waals surface area contributed by atoms with Crippen LogP contribution in [0.3, 0.4) is 0 Å². The van der Waals surface area contributed by atoms with Crippen molar-refractivity contribution in [3.05, 3.63) is 59.7 Å². The third kappa shape index (κ3) is 6.32. The third-order valence-electron chi connectivity index (χ3n) is 5.58. The van der Waals surface area contributed by atoms with E-state index in [1.807, 2.05) is 24.3 Å². The molecule has 0 saturated heterocycles. The van der Waals surface area contributed by atoms with E-state index >= 15 is 0 Å². The van der Waals surface area contributed by atoms with Crippen LogP contribution < -0.4 is 10.6 Å². The maximum atomic E-state index is 12.1. The molecule has 1 aliphatic rings. The molecule has 2 aromatic rings. The highest BCUT2D eigenvalue weighted by Crippen LogP contribution is 2.44. The van der Waals surface area contributed by atoms with Crippen molar-refractivity contribution in [3.63, 3.8) is 0 Å². The molecule has 33 heavy (non-hydrogen) atoms. The summed E-state index contributed by atoms with van der Waals surface area (Å²) in [7, 11) is 0. The topological polar surface area (TPSA) is 114 Å². The molecule has 2 amide bonds. The standard InChI is InChI=1S/C25H30N2O6/c1-16(2)23(24(29)30)27-22(28)11-13-32-14-12-26-25(31)33-15-21-19-9-5-3-7-17(19)18-8-4-6-10-20(18)21/h3-10,16,21,23H,11-15H2,1-2H3,(H,26,31)(H,27,28)(H,29,30)/t23-/m1/s1. The van der Waals surface area contributed by atoms with Crippen molar-refractivity contribution < 1.29 is 29.0 Å². The SMILES string of the molecule is CC(C)[C@@H](NC(=O)CCOCCNC(=O)OCC1c2ccccc2-c2ccccc21)C(=O)O. The number of hydrogen-bond donors (Lipinski definition) is 3. The van der Waals surface area contributed by atoms with Crippen molar-refractivity contribution in [1.29, 1.82) is 0 Å². The van der Waals surface area contributed by atoms with E-state index in [0.29, 0.717) is 0 Å². The maximum Gasteiger partial charge on any atom is 0.407 e. The van der Waals surface area contributed by atoms with Crippen LogP contribution in [0.2, 0.25) is 0 Å². The van der Waals surface area contributed by atoms with Gasteiger partial charge in [0.25, 0.3) is 0 Å². The Balaban J connectivity index is 1.34. The van der Waals surface area contributed by atoms with Crippen LogP contribution in [0.5, 0.6) is 0 Å². The Morgan fingerprint density at radius 3 is 2.15 bits per heavy atom. The minimum atomic E-state index is -1.06. The zero-order valence-corrected chi connectivity index (χ0v) is 18.9. The monoisotopic (exact) mass is 454 g/mol. The lowest BCUT2D eigenvalue weighted by Gasteiger charge is -2.17. The van der Waals surface area contributed by atoms with Crippen molar-refractivity contribution in [2.45, 2.75) is 32.2 Å². The summed E-state index contributed by atoms with van der Waals surface area (Å²) in [5.41, 5.74) is 4.64. The molecule has 0 radical (unpaired) electrons. The molecule has 1 aliphatic carbocycles. The Hall–Kier alpha value is -3.39. The Labute approximate surface area is 193 Å². The molecule has 8 nitrogen and oxygen atoms in total. The van der Waals surface area contributed by atoms with E-state index in [2.05, 4.69) is 34.9 Å². The largest absolute Gasteiger partial charge is 0.480 e. The number of nitrogens with one attached hydrogen (secondary N) is 2. The summed E-state index contributed by atoms with van der Waals surface area (Å²) < 4.78 is 10.8. The summed E-state index contributed by atoms with van der Waals surface area (Å²) in [5, 5.41) is 14.2. The number of alkyl carbamates (subject to hydrolysis) is 1. The first-order chi connectivity index (χ1) is 15.9. The summed E-state index contributed by atoms with van der Waals surface area (Å²) in [6, 6.07) is 15.3. The fourth-order valence-corrected chi connectivity index (χ4v) is 3.90. The Bertz CT molecular complexity index is 945. The number of amides is 2. The number of carbonyl (C=O) groups is 3. The zero-order valence-electron chi connectivity index (χ0n) is 18.9.